The predicted molar refractivity (Wildman–Crippen MR) is 68.9 cm³/mol. The van der Waals surface area contributed by atoms with E-state index in [0.29, 0.717) is 17.0 Å². The molecule has 1 aromatic carbocycles. The van der Waals surface area contributed by atoms with E-state index in [1.54, 1.807) is 19.1 Å². The fourth-order valence-electron chi connectivity index (χ4n) is 1.33. The average molecular weight is 284 g/mol. The van der Waals surface area contributed by atoms with Crippen molar-refractivity contribution < 1.29 is 4.92 Å². The molecule has 18 heavy (non-hydrogen) atoms. The van der Waals surface area contributed by atoms with Crippen LogP contribution in [-0.4, -0.2) is 14.9 Å². The number of hydrogen-bond donors (Lipinski definition) is 0. The van der Waals surface area contributed by atoms with Crippen LogP contribution in [0.2, 0.25) is 10.3 Å². The second-order valence-electron chi connectivity index (χ2n) is 3.56. The number of nitro groups is 1. The van der Waals surface area contributed by atoms with E-state index in [2.05, 4.69) is 9.97 Å². The molecule has 0 amide bonds. The first-order valence-corrected chi connectivity index (χ1v) is 5.69. The molecule has 0 N–H and O–H groups in total. The third-order valence-corrected chi connectivity index (χ3v) is 3.10. The van der Waals surface area contributed by atoms with Crippen molar-refractivity contribution in [3.05, 3.63) is 50.2 Å². The summed E-state index contributed by atoms with van der Waals surface area (Å²) in [6, 6.07) is 5.85. The van der Waals surface area contributed by atoms with E-state index in [4.69, 9.17) is 23.2 Å². The molecule has 0 atom stereocenters. The second-order valence-corrected chi connectivity index (χ2v) is 4.27. The SMILES string of the molecule is Cc1c(Cl)nc(-c2ccc([N+](=O)[O-])cc2)nc1Cl. The highest BCUT2D eigenvalue weighted by Gasteiger charge is 2.11. The number of halogens is 2. The summed E-state index contributed by atoms with van der Waals surface area (Å²) in [7, 11) is 0. The normalized spacial score (nSPS) is 10.4. The molecular formula is C11H7Cl2N3O2. The molecule has 0 unspecified atom stereocenters. The van der Waals surface area contributed by atoms with Crippen LogP contribution in [0.3, 0.4) is 0 Å². The lowest BCUT2D eigenvalue weighted by Crippen LogP contribution is -1.94. The molecule has 2 rings (SSSR count). The van der Waals surface area contributed by atoms with Crippen molar-refractivity contribution in [3.63, 3.8) is 0 Å². The third kappa shape index (κ3) is 2.42. The molecule has 0 aliphatic heterocycles. The van der Waals surface area contributed by atoms with E-state index in [9.17, 15) is 10.1 Å². The Morgan fingerprint density at radius 1 is 1.11 bits per heavy atom. The molecule has 1 aromatic heterocycles. The minimum absolute atomic E-state index is 0.00283. The zero-order chi connectivity index (χ0) is 13.3. The summed E-state index contributed by atoms with van der Waals surface area (Å²) in [5.74, 6) is 0.338. The molecule has 0 fully saturated rings. The molecule has 0 aliphatic carbocycles. The van der Waals surface area contributed by atoms with Gasteiger partial charge in [0.25, 0.3) is 5.69 Å². The highest BCUT2D eigenvalue weighted by Crippen LogP contribution is 2.25. The summed E-state index contributed by atoms with van der Waals surface area (Å²) in [4.78, 5) is 18.2. The van der Waals surface area contributed by atoms with Gasteiger partial charge in [-0.3, -0.25) is 10.1 Å². The monoisotopic (exact) mass is 283 g/mol. The number of rotatable bonds is 2. The fourth-order valence-corrected chi connectivity index (χ4v) is 1.71. The molecule has 0 bridgehead atoms. The first-order valence-electron chi connectivity index (χ1n) is 4.93. The number of aromatic nitrogens is 2. The van der Waals surface area contributed by atoms with Gasteiger partial charge in [0.2, 0.25) is 0 Å². The zero-order valence-electron chi connectivity index (χ0n) is 9.22. The van der Waals surface area contributed by atoms with Crippen molar-refractivity contribution in [2.45, 2.75) is 6.92 Å². The minimum atomic E-state index is -0.472. The molecule has 92 valence electrons. The van der Waals surface area contributed by atoms with E-state index < -0.39 is 4.92 Å². The van der Waals surface area contributed by atoms with E-state index >= 15 is 0 Å². The molecule has 5 nitrogen and oxygen atoms in total. The van der Waals surface area contributed by atoms with Crippen LogP contribution in [0.15, 0.2) is 24.3 Å². The smallest absolute Gasteiger partial charge is 0.258 e. The lowest BCUT2D eigenvalue weighted by molar-refractivity contribution is -0.384. The molecule has 0 saturated carbocycles. The standard InChI is InChI=1S/C11H7Cl2N3O2/c1-6-9(12)14-11(15-10(6)13)7-2-4-8(5-3-7)16(17)18/h2-5H,1H3. The number of benzene rings is 1. The Kier molecular flexibility index (Phi) is 3.45. The maximum atomic E-state index is 10.5. The molecule has 0 saturated heterocycles. The topological polar surface area (TPSA) is 68.9 Å². The molecule has 7 heteroatoms. The number of hydrogen-bond acceptors (Lipinski definition) is 4. The van der Waals surface area contributed by atoms with Gasteiger partial charge in [0.05, 0.1) is 4.92 Å². The highest BCUT2D eigenvalue weighted by atomic mass is 35.5. The van der Waals surface area contributed by atoms with Crippen molar-refractivity contribution in [1.82, 2.24) is 9.97 Å². The average Bonchev–Trinajstić information content (AvgIpc) is 2.35. The molecule has 1 heterocycles. The Balaban J connectivity index is 2.46. The Morgan fingerprint density at radius 3 is 2.06 bits per heavy atom. The Hall–Kier alpha value is -1.72. The van der Waals surface area contributed by atoms with Gasteiger partial charge in [-0.25, -0.2) is 9.97 Å². The van der Waals surface area contributed by atoms with E-state index in [0.717, 1.165) is 0 Å². The van der Waals surface area contributed by atoms with Gasteiger partial charge in [-0.2, -0.15) is 0 Å². The summed E-state index contributed by atoms with van der Waals surface area (Å²) in [6.07, 6.45) is 0. The van der Waals surface area contributed by atoms with Crippen molar-refractivity contribution in [2.75, 3.05) is 0 Å². The van der Waals surface area contributed by atoms with E-state index in [1.807, 2.05) is 0 Å². The zero-order valence-corrected chi connectivity index (χ0v) is 10.7. The van der Waals surface area contributed by atoms with Crippen molar-refractivity contribution >= 4 is 28.9 Å². The van der Waals surface area contributed by atoms with Crippen molar-refractivity contribution in [3.8, 4) is 11.4 Å². The van der Waals surface area contributed by atoms with Gasteiger partial charge in [-0.05, 0) is 19.1 Å². The van der Waals surface area contributed by atoms with Gasteiger partial charge in [-0.1, -0.05) is 23.2 Å². The van der Waals surface area contributed by atoms with E-state index in [-0.39, 0.29) is 16.0 Å². The lowest BCUT2D eigenvalue weighted by atomic mass is 10.2. The molecular weight excluding hydrogens is 277 g/mol. The first-order chi connectivity index (χ1) is 8.49. The first kappa shape index (κ1) is 12.7. The Labute approximate surface area is 113 Å². The van der Waals surface area contributed by atoms with Crippen LogP contribution in [-0.2, 0) is 0 Å². The van der Waals surface area contributed by atoms with E-state index in [1.165, 1.54) is 12.1 Å². The van der Waals surface area contributed by atoms with Crippen LogP contribution in [0, 0.1) is 17.0 Å². The van der Waals surface area contributed by atoms with Gasteiger partial charge in [0, 0.05) is 23.3 Å². The molecule has 0 radical (unpaired) electrons. The van der Waals surface area contributed by atoms with Gasteiger partial charge >= 0.3 is 0 Å². The Bertz CT molecular complexity index is 591. The third-order valence-electron chi connectivity index (χ3n) is 2.36. The predicted octanol–water partition coefficient (Wildman–Crippen LogP) is 3.67. The highest BCUT2D eigenvalue weighted by molar-refractivity contribution is 6.34. The fraction of sp³-hybridized carbons (Fsp3) is 0.0909. The molecule has 2 aromatic rings. The number of nitrogens with zero attached hydrogens (tertiary/aromatic N) is 3. The lowest BCUT2D eigenvalue weighted by Gasteiger charge is -2.04. The summed E-state index contributed by atoms with van der Waals surface area (Å²) in [5.41, 5.74) is 1.22. The summed E-state index contributed by atoms with van der Waals surface area (Å²) < 4.78 is 0. The van der Waals surface area contributed by atoms with Crippen LogP contribution < -0.4 is 0 Å². The maximum Gasteiger partial charge on any atom is 0.269 e. The van der Waals surface area contributed by atoms with Crippen molar-refractivity contribution in [1.29, 1.82) is 0 Å². The second kappa shape index (κ2) is 4.88. The number of nitro benzene ring substituents is 1. The largest absolute Gasteiger partial charge is 0.269 e. The maximum absolute atomic E-state index is 10.5. The number of non-ortho nitro benzene ring substituents is 1. The van der Waals surface area contributed by atoms with Gasteiger partial charge in [-0.15, -0.1) is 0 Å². The Morgan fingerprint density at radius 2 is 1.61 bits per heavy atom. The quantitative estimate of drug-likeness (QED) is 0.479. The summed E-state index contributed by atoms with van der Waals surface area (Å²) in [6.45, 7) is 1.71. The summed E-state index contributed by atoms with van der Waals surface area (Å²) >= 11 is 11.8. The minimum Gasteiger partial charge on any atom is -0.258 e. The van der Waals surface area contributed by atoms with Gasteiger partial charge < -0.3 is 0 Å². The van der Waals surface area contributed by atoms with Crippen LogP contribution >= 0.6 is 23.2 Å². The molecule has 0 spiro atoms. The van der Waals surface area contributed by atoms with Crippen LogP contribution in [0.1, 0.15) is 5.56 Å². The van der Waals surface area contributed by atoms with Gasteiger partial charge in [0.1, 0.15) is 10.3 Å². The van der Waals surface area contributed by atoms with Crippen molar-refractivity contribution in [2.24, 2.45) is 0 Å². The molecule has 0 aliphatic rings. The van der Waals surface area contributed by atoms with Crippen LogP contribution in [0.25, 0.3) is 11.4 Å². The van der Waals surface area contributed by atoms with Gasteiger partial charge in [0.15, 0.2) is 5.82 Å². The van der Waals surface area contributed by atoms with Crippen LogP contribution in [0.4, 0.5) is 5.69 Å². The van der Waals surface area contributed by atoms with Crippen LogP contribution in [0.5, 0.6) is 0 Å². The summed E-state index contributed by atoms with van der Waals surface area (Å²) in [5, 5.41) is 11.1.